The first-order chi connectivity index (χ1) is 12.7. The van der Waals surface area contributed by atoms with Gasteiger partial charge in [-0.3, -0.25) is 4.79 Å². The van der Waals surface area contributed by atoms with Gasteiger partial charge in [0.1, 0.15) is 5.82 Å². The van der Waals surface area contributed by atoms with Gasteiger partial charge in [-0.05, 0) is 44.1 Å². The maximum Gasteiger partial charge on any atom is 0.233 e. The summed E-state index contributed by atoms with van der Waals surface area (Å²) in [4.78, 5) is 13.7. The first kappa shape index (κ1) is 18.0. The number of thiophene rings is 1. The smallest absolute Gasteiger partial charge is 0.233 e. The lowest BCUT2D eigenvalue weighted by atomic mass is 9.95. The predicted octanol–water partition coefficient (Wildman–Crippen LogP) is 4.19. The van der Waals surface area contributed by atoms with Crippen LogP contribution in [0.3, 0.4) is 0 Å². The fraction of sp³-hybridized carbons (Fsp3) is 0.632. The second kappa shape index (κ2) is 8.13. The van der Waals surface area contributed by atoms with Crippen molar-refractivity contribution in [3.05, 3.63) is 28.2 Å². The van der Waals surface area contributed by atoms with E-state index in [1.54, 1.807) is 23.1 Å². The minimum Gasteiger partial charge on any atom is -0.352 e. The van der Waals surface area contributed by atoms with Crippen molar-refractivity contribution >= 4 is 29.0 Å². The lowest BCUT2D eigenvalue weighted by Crippen LogP contribution is -2.32. The molecule has 2 aliphatic carbocycles. The number of amides is 1. The third-order valence-electron chi connectivity index (χ3n) is 5.16. The SMILES string of the molecule is CC(Sc1nnc(Cc2cccs2)n1C1CCCCC1)C(=O)NC1CC1. The van der Waals surface area contributed by atoms with Gasteiger partial charge < -0.3 is 9.88 Å². The Bertz CT molecular complexity index is 733. The molecule has 1 unspecified atom stereocenters. The Hall–Kier alpha value is -1.34. The number of nitrogens with zero attached hydrogens (tertiary/aromatic N) is 3. The molecule has 1 N–H and O–H groups in total. The number of nitrogens with one attached hydrogen (secondary N) is 1. The summed E-state index contributed by atoms with van der Waals surface area (Å²) in [5, 5.41) is 15.0. The van der Waals surface area contributed by atoms with Gasteiger partial charge >= 0.3 is 0 Å². The van der Waals surface area contributed by atoms with E-state index in [0.717, 1.165) is 30.2 Å². The molecule has 0 bridgehead atoms. The van der Waals surface area contributed by atoms with Gasteiger partial charge in [0.25, 0.3) is 0 Å². The van der Waals surface area contributed by atoms with Crippen LogP contribution in [0.4, 0.5) is 0 Å². The average Bonchev–Trinajstić information content (AvgIpc) is 3.16. The zero-order valence-corrected chi connectivity index (χ0v) is 16.8. The van der Waals surface area contributed by atoms with Gasteiger partial charge in [0.05, 0.1) is 5.25 Å². The van der Waals surface area contributed by atoms with Gasteiger partial charge in [0.15, 0.2) is 5.16 Å². The number of aromatic nitrogens is 3. The Labute approximate surface area is 163 Å². The molecule has 0 aliphatic heterocycles. The van der Waals surface area contributed by atoms with Gasteiger partial charge in [0, 0.05) is 23.4 Å². The van der Waals surface area contributed by atoms with Crippen molar-refractivity contribution in [1.82, 2.24) is 20.1 Å². The first-order valence-corrected chi connectivity index (χ1v) is 11.4. The van der Waals surface area contributed by atoms with Gasteiger partial charge in [-0.25, -0.2) is 0 Å². The van der Waals surface area contributed by atoms with Crippen LogP contribution in [0.25, 0.3) is 0 Å². The molecule has 7 heteroatoms. The number of thioether (sulfide) groups is 1. The summed E-state index contributed by atoms with van der Waals surface area (Å²) in [6.45, 7) is 1.97. The molecule has 2 aromatic rings. The molecule has 1 amide bonds. The van der Waals surface area contributed by atoms with Crippen LogP contribution in [-0.4, -0.2) is 32.0 Å². The van der Waals surface area contributed by atoms with E-state index in [1.807, 2.05) is 6.92 Å². The fourth-order valence-electron chi connectivity index (χ4n) is 3.54. The average molecular weight is 391 g/mol. The highest BCUT2D eigenvalue weighted by molar-refractivity contribution is 8.00. The number of carbonyl (C=O) groups excluding carboxylic acids is 1. The predicted molar refractivity (Wildman–Crippen MR) is 106 cm³/mol. The Morgan fingerprint density at radius 1 is 1.31 bits per heavy atom. The van der Waals surface area contributed by atoms with E-state index in [4.69, 9.17) is 0 Å². The number of rotatable bonds is 7. The van der Waals surface area contributed by atoms with Crippen LogP contribution in [0.1, 0.15) is 68.6 Å². The number of hydrogen-bond acceptors (Lipinski definition) is 5. The third kappa shape index (κ3) is 4.31. The van der Waals surface area contributed by atoms with E-state index in [1.165, 1.54) is 37.0 Å². The summed E-state index contributed by atoms with van der Waals surface area (Å²) >= 11 is 3.32. The molecule has 2 aromatic heterocycles. The first-order valence-electron chi connectivity index (χ1n) is 9.64. The van der Waals surface area contributed by atoms with E-state index >= 15 is 0 Å². The molecule has 0 radical (unpaired) electrons. The quantitative estimate of drug-likeness (QED) is 0.720. The lowest BCUT2D eigenvalue weighted by molar-refractivity contribution is -0.120. The van der Waals surface area contributed by atoms with Crippen molar-refractivity contribution in [2.75, 3.05) is 0 Å². The molecule has 2 fully saturated rings. The molecule has 2 heterocycles. The summed E-state index contributed by atoms with van der Waals surface area (Å²) < 4.78 is 2.34. The normalized spacial score (nSPS) is 19.4. The summed E-state index contributed by atoms with van der Waals surface area (Å²) in [6, 6.07) is 5.11. The van der Waals surface area contributed by atoms with E-state index in [2.05, 4.69) is 37.6 Å². The van der Waals surface area contributed by atoms with Crippen LogP contribution < -0.4 is 5.32 Å². The molecule has 4 rings (SSSR count). The van der Waals surface area contributed by atoms with E-state index in [0.29, 0.717) is 12.1 Å². The molecule has 0 spiro atoms. The minimum absolute atomic E-state index is 0.121. The Kier molecular flexibility index (Phi) is 5.64. The van der Waals surface area contributed by atoms with Gasteiger partial charge in [-0.15, -0.1) is 21.5 Å². The maximum atomic E-state index is 12.4. The van der Waals surface area contributed by atoms with Crippen molar-refractivity contribution < 1.29 is 4.79 Å². The van der Waals surface area contributed by atoms with Crippen molar-refractivity contribution in [1.29, 1.82) is 0 Å². The monoisotopic (exact) mass is 390 g/mol. The maximum absolute atomic E-state index is 12.4. The van der Waals surface area contributed by atoms with Crippen molar-refractivity contribution in [3.63, 3.8) is 0 Å². The minimum atomic E-state index is -0.142. The van der Waals surface area contributed by atoms with Gasteiger partial charge in [-0.1, -0.05) is 37.1 Å². The number of carbonyl (C=O) groups is 1. The molecular weight excluding hydrogens is 364 g/mol. The van der Waals surface area contributed by atoms with Crippen molar-refractivity contribution in [2.24, 2.45) is 0 Å². The standard InChI is InChI=1S/C19H26N4OS2/c1-13(18(24)20-14-9-10-14)26-19-22-21-17(12-16-8-5-11-25-16)23(19)15-6-3-2-4-7-15/h5,8,11,13-15H,2-4,6-7,9-10,12H2,1H3,(H,20,24). The highest BCUT2D eigenvalue weighted by Gasteiger charge is 2.29. The van der Waals surface area contributed by atoms with Crippen LogP contribution >= 0.6 is 23.1 Å². The molecule has 140 valence electrons. The molecule has 0 saturated heterocycles. The zero-order chi connectivity index (χ0) is 17.9. The molecule has 5 nitrogen and oxygen atoms in total. The van der Waals surface area contributed by atoms with E-state index in [-0.39, 0.29) is 11.2 Å². The Morgan fingerprint density at radius 3 is 2.81 bits per heavy atom. The lowest BCUT2D eigenvalue weighted by Gasteiger charge is -2.26. The third-order valence-corrected chi connectivity index (χ3v) is 7.10. The summed E-state index contributed by atoms with van der Waals surface area (Å²) in [7, 11) is 0. The molecule has 0 aromatic carbocycles. The summed E-state index contributed by atoms with van der Waals surface area (Å²) in [6.07, 6.45) is 9.29. The summed E-state index contributed by atoms with van der Waals surface area (Å²) in [5.74, 6) is 1.16. The van der Waals surface area contributed by atoms with Crippen LogP contribution in [0.15, 0.2) is 22.7 Å². The second-order valence-corrected chi connectivity index (χ2v) is 9.70. The number of hydrogen-bond donors (Lipinski definition) is 1. The fourth-order valence-corrected chi connectivity index (χ4v) is 5.19. The zero-order valence-electron chi connectivity index (χ0n) is 15.2. The Morgan fingerprint density at radius 2 is 2.12 bits per heavy atom. The largest absolute Gasteiger partial charge is 0.352 e. The topological polar surface area (TPSA) is 59.8 Å². The second-order valence-electron chi connectivity index (χ2n) is 7.36. The van der Waals surface area contributed by atoms with Gasteiger partial charge in [0.2, 0.25) is 5.91 Å². The van der Waals surface area contributed by atoms with Gasteiger partial charge in [-0.2, -0.15) is 0 Å². The molecular formula is C19H26N4OS2. The summed E-state index contributed by atoms with van der Waals surface area (Å²) in [5.41, 5.74) is 0. The Balaban J connectivity index is 1.54. The highest BCUT2D eigenvalue weighted by atomic mass is 32.2. The van der Waals surface area contributed by atoms with E-state index < -0.39 is 0 Å². The molecule has 1 atom stereocenters. The molecule has 2 aliphatic rings. The van der Waals surface area contributed by atoms with Crippen LogP contribution in [0, 0.1) is 0 Å². The molecule has 2 saturated carbocycles. The van der Waals surface area contributed by atoms with Crippen LogP contribution in [0.5, 0.6) is 0 Å². The van der Waals surface area contributed by atoms with E-state index in [9.17, 15) is 4.79 Å². The highest BCUT2D eigenvalue weighted by Crippen LogP contribution is 2.34. The molecule has 26 heavy (non-hydrogen) atoms. The van der Waals surface area contributed by atoms with Crippen LogP contribution in [-0.2, 0) is 11.2 Å². The van der Waals surface area contributed by atoms with Crippen LogP contribution in [0.2, 0.25) is 0 Å². The van der Waals surface area contributed by atoms with Crippen molar-refractivity contribution in [2.45, 2.75) is 80.8 Å². The van der Waals surface area contributed by atoms with Crippen molar-refractivity contribution in [3.8, 4) is 0 Å².